The minimum absolute atomic E-state index is 0. The number of nitrogens with zero attached hydrogens (tertiary/aromatic N) is 1. The molecule has 0 aliphatic carbocycles. The predicted molar refractivity (Wildman–Crippen MR) is 95.6 cm³/mol. The lowest BCUT2D eigenvalue weighted by atomic mass is 10.1. The van der Waals surface area contributed by atoms with Crippen molar-refractivity contribution in [2.45, 2.75) is 39.3 Å². The fraction of sp³-hybridized carbons (Fsp3) is 0.533. The lowest BCUT2D eigenvalue weighted by Gasteiger charge is -2.17. The summed E-state index contributed by atoms with van der Waals surface area (Å²) in [6.07, 6.45) is 0.0314. The zero-order chi connectivity index (χ0) is 15.0. The van der Waals surface area contributed by atoms with Crippen molar-refractivity contribution in [3.8, 4) is 0 Å². The molecule has 2 atom stereocenters. The van der Waals surface area contributed by atoms with E-state index in [4.69, 9.17) is 0 Å². The number of hydrogen-bond acceptors (Lipinski definition) is 2. The quantitative estimate of drug-likeness (QED) is 0.385. The zero-order valence-corrected chi connectivity index (χ0v) is 15.1. The summed E-state index contributed by atoms with van der Waals surface area (Å²) in [7, 11) is 0. The number of nitrogens with one attached hydrogen (secondary N) is 2. The van der Waals surface area contributed by atoms with Gasteiger partial charge >= 0.3 is 0 Å². The van der Waals surface area contributed by atoms with Crippen LogP contribution >= 0.6 is 24.0 Å². The summed E-state index contributed by atoms with van der Waals surface area (Å²) in [6, 6.07) is 6.51. The van der Waals surface area contributed by atoms with E-state index in [1.807, 2.05) is 6.92 Å². The maximum absolute atomic E-state index is 13.5. The van der Waals surface area contributed by atoms with Gasteiger partial charge in [-0.25, -0.2) is 4.39 Å². The zero-order valence-electron chi connectivity index (χ0n) is 12.8. The van der Waals surface area contributed by atoms with Gasteiger partial charge in [0.15, 0.2) is 5.96 Å². The van der Waals surface area contributed by atoms with Crippen LogP contribution in [-0.4, -0.2) is 30.2 Å². The van der Waals surface area contributed by atoms with Gasteiger partial charge in [0.1, 0.15) is 11.9 Å². The van der Waals surface area contributed by atoms with Crippen molar-refractivity contribution in [3.63, 3.8) is 0 Å². The monoisotopic (exact) mass is 409 g/mol. The smallest absolute Gasteiger partial charge is 0.191 e. The summed E-state index contributed by atoms with van der Waals surface area (Å²) in [6.45, 7) is 6.96. The Morgan fingerprint density at radius 3 is 2.57 bits per heavy atom. The first-order valence-electron chi connectivity index (χ1n) is 7.05. The first-order valence-corrected chi connectivity index (χ1v) is 7.05. The van der Waals surface area contributed by atoms with E-state index < -0.39 is 11.9 Å². The average Bonchev–Trinajstić information content (AvgIpc) is 2.45. The second-order valence-electron chi connectivity index (χ2n) is 4.71. The first kappa shape index (κ1) is 20.1. The van der Waals surface area contributed by atoms with E-state index >= 15 is 0 Å². The van der Waals surface area contributed by atoms with Crippen molar-refractivity contribution >= 4 is 29.9 Å². The van der Waals surface area contributed by atoms with E-state index in [1.165, 1.54) is 6.07 Å². The van der Waals surface area contributed by atoms with E-state index in [0.717, 1.165) is 13.0 Å². The van der Waals surface area contributed by atoms with Crippen LogP contribution < -0.4 is 10.6 Å². The Hall–Kier alpha value is -0.890. The molecule has 1 rings (SSSR count). The van der Waals surface area contributed by atoms with Crippen molar-refractivity contribution in [1.82, 2.24) is 10.6 Å². The van der Waals surface area contributed by atoms with E-state index in [9.17, 15) is 9.50 Å². The Morgan fingerprint density at radius 2 is 2.00 bits per heavy atom. The van der Waals surface area contributed by atoms with Gasteiger partial charge in [0.05, 0.1) is 6.54 Å². The summed E-state index contributed by atoms with van der Waals surface area (Å²) in [5, 5.41) is 16.3. The normalized spacial score (nSPS) is 14.0. The molecule has 0 bridgehead atoms. The molecule has 1 aromatic carbocycles. The average molecular weight is 409 g/mol. The highest BCUT2D eigenvalue weighted by Gasteiger charge is 2.12. The summed E-state index contributed by atoms with van der Waals surface area (Å²) in [5.74, 6) is 0.229. The predicted octanol–water partition coefficient (Wildman–Crippen LogP) is 2.83. The maximum atomic E-state index is 13.5. The number of benzene rings is 1. The van der Waals surface area contributed by atoms with Crippen molar-refractivity contribution < 1.29 is 9.50 Å². The molecule has 0 spiro atoms. The highest BCUT2D eigenvalue weighted by atomic mass is 127. The number of aliphatic imine (C=N–C) groups is 1. The molecule has 0 aromatic heterocycles. The molecule has 0 saturated heterocycles. The van der Waals surface area contributed by atoms with Crippen molar-refractivity contribution in [3.05, 3.63) is 35.6 Å². The molecule has 0 radical (unpaired) electrons. The van der Waals surface area contributed by atoms with Crippen LogP contribution in [0.15, 0.2) is 29.3 Å². The molecule has 0 heterocycles. The molecule has 0 saturated carbocycles. The SMILES string of the molecule is CCNC(=NCC(O)c1ccccc1F)NC(C)CC.I. The molecule has 4 nitrogen and oxygen atoms in total. The van der Waals surface area contributed by atoms with Crippen LogP contribution in [0, 0.1) is 5.82 Å². The lowest BCUT2D eigenvalue weighted by molar-refractivity contribution is 0.182. The Kier molecular flexibility index (Phi) is 10.3. The maximum Gasteiger partial charge on any atom is 0.191 e. The minimum atomic E-state index is -0.941. The molecular formula is C15H25FIN3O. The van der Waals surface area contributed by atoms with Crippen LogP contribution in [0.4, 0.5) is 4.39 Å². The second kappa shape index (κ2) is 10.8. The van der Waals surface area contributed by atoms with Gasteiger partial charge in [-0.05, 0) is 26.3 Å². The summed E-state index contributed by atoms with van der Waals surface area (Å²) in [5.41, 5.74) is 0.274. The van der Waals surface area contributed by atoms with Gasteiger partial charge in [0.2, 0.25) is 0 Å². The Balaban J connectivity index is 0.00000400. The third-order valence-corrected chi connectivity index (χ3v) is 3.03. The standard InChI is InChI=1S/C15H24FN3O.HI/c1-4-11(3)19-15(17-5-2)18-10-14(20)12-8-6-7-9-13(12)16;/h6-9,11,14,20H,4-5,10H2,1-3H3,(H2,17,18,19);1H. The Labute approximate surface area is 143 Å². The van der Waals surface area contributed by atoms with E-state index in [2.05, 4.69) is 29.5 Å². The number of guanidine groups is 1. The molecule has 2 unspecified atom stereocenters. The molecule has 3 N–H and O–H groups in total. The summed E-state index contributed by atoms with van der Waals surface area (Å²) >= 11 is 0. The number of aliphatic hydroxyl groups is 1. The van der Waals surface area contributed by atoms with Gasteiger partial charge < -0.3 is 15.7 Å². The van der Waals surface area contributed by atoms with Gasteiger partial charge in [-0.3, -0.25) is 4.99 Å². The highest BCUT2D eigenvalue weighted by molar-refractivity contribution is 14.0. The molecule has 21 heavy (non-hydrogen) atoms. The van der Waals surface area contributed by atoms with Crippen LogP contribution in [0.25, 0.3) is 0 Å². The van der Waals surface area contributed by atoms with Gasteiger partial charge in [-0.15, -0.1) is 24.0 Å². The number of aliphatic hydroxyl groups excluding tert-OH is 1. The molecule has 0 aliphatic heterocycles. The summed E-state index contributed by atoms with van der Waals surface area (Å²) < 4.78 is 13.5. The Morgan fingerprint density at radius 1 is 1.33 bits per heavy atom. The molecule has 0 aliphatic rings. The number of halogens is 2. The van der Waals surface area contributed by atoms with Gasteiger partial charge in [-0.1, -0.05) is 25.1 Å². The molecular weight excluding hydrogens is 384 g/mol. The first-order chi connectivity index (χ1) is 9.58. The lowest BCUT2D eigenvalue weighted by Crippen LogP contribution is -2.42. The van der Waals surface area contributed by atoms with Crippen LogP contribution in [0.1, 0.15) is 38.9 Å². The third-order valence-electron chi connectivity index (χ3n) is 3.03. The largest absolute Gasteiger partial charge is 0.386 e. The van der Waals surface area contributed by atoms with Gasteiger partial charge in [-0.2, -0.15) is 0 Å². The van der Waals surface area contributed by atoms with Crippen LogP contribution in [0.2, 0.25) is 0 Å². The van der Waals surface area contributed by atoms with Crippen molar-refractivity contribution in [2.24, 2.45) is 4.99 Å². The molecule has 0 fully saturated rings. The third kappa shape index (κ3) is 7.08. The van der Waals surface area contributed by atoms with E-state index in [1.54, 1.807) is 18.2 Å². The van der Waals surface area contributed by atoms with Gasteiger partial charge in [0, 0.05) is 18.2 Å². The van der Waals surface area contributed by atoms with Crippen LogP contribution in [0.3, 0.4) is 0 Å². The molecule has 120 valence electrons. The van der Waals surface area contributed by atoms with E-state index in [0.29, 0.717) is 12.0 Å². The van der Waals surface area contributed by atoms with Crippen molar-refractivity contribution in [1.29, 1.82) is 0 Å². The Bertz CT molecular complexity index is 443. The molecule has 6 heteroatoms. The number of hydrogen-bond donors (Lipinski definition) is 3. The van der Waals surface area contributed by atoms with Crippen LogP contribution in [-0.2, 0) is 0 Å². The number of rotatable bonds is 6. The molecule has 0 amide bonds. The highest BCUT2D eigenvalue weighted by Crippen LogP contribution is 2.16. The van der Waals surface area contributed by atoms with Gasteiger partial charge in [0.25, 0.3) is 0 Å². The van der Waals surface area contributed by atoms with Crippen LogP contribution in [0.5, 0.6) is 0 Å². The molecule has 1 aromatic rings. The van der Waals surface area contributed by atoms with E-state index in [-0.39, 0.29) is 36.1 Å². The fourth-order valence-corrected chi connectivity index (χ4v) is 1.68. The fourth-order valence-electron chi connectivity index (χ4n) is 1.68. The second-order valence-corrected chi connectivity index (χ2v) is 4.71. The minimum Gasteiger partial charge on any atom is -0.386 e. The van der Waals surface area contributed by atoms with Crippen molar-refractivity contribution in [2.75, 3.05) is 13.1 Å². The topological polar surface area (TPSA) is 56.7 Å². The summed E-state index contributed by atoms with van der Waals surface area (Å²) in [4.78, 5) is 4.30.